The molecule has 0 aliphatic heterocycles. The van der Waals surface area contributed by atoms with Gasteiger partial charge in [-0.3, -0.25) is 13.9 Å². The minimum atomic E-state index is -4.27. The van der Waals surface area contributed by atoms with Crippen LogP contribution < -0.4 is 19.9 Å². The van der Waals surface area contributed by atoms with E-state index in [1.54, 1.807) is 44.4 Å². The van der Waals surface area contributed by atoms with E-state index >= 15 is 0 Å². The molecule has 0 atom stereocenters. The van der Waals surface area contributed by atoms with Crippen molar-refractivity contribution in [2.45, 2.75) is 4.90 Å². The average Bonchev–Trinajstić information content (AvgIpc) is 2.98. The highest BCUT2D eigenvalue weighted by atomic mass is 32.2. The van der Waals surface area contributed by atoms with Crippen LogP contribution in [-0.4, -0.2) is 24.7 Å². The van der Waals surface area contributed by atoms with Gasteiger partial charge >= 0.3 is 5.69 Å². The molecule has 32 heavy (non-hydrogen) atoms. The summed E-state index contributed by atoms with van der Waals surface area (Å²) in [6.07, 6.45) is 0. The smallest absolute Gasteiger partial charge is 0.328 e. The van der Waals surface area contributed by atoms with Crippen LogP contribution in [0, 0.1) is 5.82 Å². The first-order valence-corrected chi connectivity index (χ1v) is 11.0. The maximum atomic E-state index is 14.2. The molecule has 0 bridgehead atoms. The van der Waals surface area contributed by atoms with Gasteiger partial charge in [0.15, 0.2) is 5.75 Å². The predicted molar refractivity (Wildman–Crippen MR) is 118 cm³/mol. The Morgan fingerprint density at radius 2 is 1.50 bits per heavy atom. The number of halogens is 1. The van der Waals surface area contributed by atoms with Crippen LogP contribution >= 0.6 is 0 Å². The van der Waals surface area contributed by atoms with Gasteiger partial charge < -0.3 is 9.47 Å². The number of fused-ring (bicyclic) bond motifs is 1. The molecule has 0 amide bonds. The summed E-state index contributed by atoms with van der Waals surface area (Å²) in [6, 6.07) is 14.8. The molecule has 0 fully saturated rings. The quantitative estimate of drug-likeness (QED) is 0.478. The van der Waals surface area contributed by atoms with Crippen molar-refractivity contribution >= 4 is 26.7 Å². The standard InChI is InChI=1S/C22H20FN3O5S/c1-25-18-12-17(24-32(28,29)21-7-5-4-6-16(21)23)20(13-19(18)26(2)22(25)27)31-15-10-8-14(30-3)9-11-15/h4-13,24H,1-3H3. The van der Waals surface area contributed by atoms with Crippen molar-refractivity contribution in [1.29, 1.82) is 0 Å². The number of aromatic nitrogens is 2. The van der Waals surface area contributed by atoms with Gasteiger partial charge in [0.25, 0.3) is 10.0 Å². The summed E-state index contributed by atoms with van der Waals surface area (Å²) >= 11 is 0. The number of anilines is 1. The summed E-state index contributed by atoms with van der Waals surface area (Å²) in [5.74, 6) is 0.297. The molecular formula is C22H20FN3O5S. The van der Waals surface area contributed by atoms with Gasteiger partial charge in [0, 0.05) is 20.2 Å². The van der Waals surface area contributed by atoms with Crippen molar-refractivity contribution in [3.05, 3.63) is 77.0 Å². The van der Waals surface area contributed by atoms with Crippen molar-refractivity contribution in [3.63, 3.8) is 0 Å². The van der Waals surface area contributed by atoms with Crippen LogP contribution in [0.2, 0.25) is 0 Å². The highest BCUT2D eigenvalue weighted by molar-refractivity contribution is 7.92. The maximum absolute atomic E-state index is 14.2. The average molecular weight is 457 g/mol. The molecule has 3 aromatic carbocycles. The molecule has 1 N–H and O–H groups in total. The second kappa shape index (κ2) is 8.04. The molecule has 1 heterocycles. The van der Waals surface area contributed by atoms with Gasteiger partial charge in [0.1, 0.15) is 22.2 Å². The molecular weight excluding hydrogens is 437 g/mol. The molecule has 4 rings (SSSR count). The van der Waals surface area contributed by atoms with E-state index in [2.05, 4.69) is 4.72 Å². The van der Waals surface area contributed by atoms with Gasteiger partial charge in [-0.15, -0.1) is 0 Å². The van der Waals surface area contributed by atoms with E-state index in [0.29, 0.717) is 22.5 Å². The van der Waals surface area contributed by atoms with Gasteiger partial charge in [-0.25, -0.2) is 17.6 Å². The predicted octanol–water partition coefficient (Wildman–Crippen LogP) is 3.62. The Bertz CT molecular complexity index is 1470. The third-order valence-electron chi connectivity index (χ3n) is 5.03. The zero-order valence-corrected chi connectivity index (χ0v) is 18.3. The number of imidazole rings is 1. The summed E-state index contributed by atoms with van der Waals surface area (Å²) in [5.41, 5.74) is 0.781. The molecule has 0 saturated carbocycles. The van der Waals surface area contributed by atoms with Gasteiger partial charge in [0.2, 0.25) is 0 Å². The van der Waals surface area contributed by atoms with Gasteiger partial charge in [-0.1, -0.05) is 12.1 Å². The monoisotopic (exact) mass is 457 g/mol. The third-order valence-corrected chi connectivity index (χ3v) is 6.43. The van der Waals surface area contributed by atoms with Crippen LogP contribution in [0.1, 0.15) is 0 Å². The summed E-state index contributed by atoms with van der Waals surface area (Å²) < 4.78 is 56.2. The van der Waals surface area contributed by atoms with E-state index < -0.39 is 20.7 Å². The molecule has 1 aromatic heterocycles. The lowest BCUT2D eigenvalue weighted by molar-refractivity contribution is 0.413. The third kappa shape index (κ3) is 3.80. The number of hydrogen-bond acceptors (Lipinski definition) is 5. The molecule has 0 radical (unpaired) electrons. The zero-order chi connectivity index (χ0) is 23.0. The number of nitrogens with one attached hydrogen (secondary N) is 1. The Kier molecular flexibility index (Phi) is 5.39. The van der Waals surface area contributed by atoms with Crippen LogP contribution in [0.3, 0.4) is 0 Å². The van der Waals surface area contributed by atoms with Crippen LogP contribution in [-0.2, 0) is 24.1 Å². The van der Waals surface area contributed by atoms with Crippen LogP contribution in [0.5, 0.6) is 17.2 Å². The Hall–Kier alpha value is -3.79. The Labute approximate surface area is 183 Å². The van der Waals surface area contributed by atoms with E-state index in [4.69, 9.17) is 9.47 Å². The first-order valence-electron chi connectivity index (χ1n) is 9.50. The van der Waals surface area contributed by atoms with E-state index in [9.17, 15) is 17.6 Å². The molecule has 8 nitrogen and oxygen atoms in total. The minimum absolute atomic E-state index is 0.0535. The lowest BCUT2D eigenvalue weighted by Crippen LogP contribution is -2.19. The summed E-state index contributed by atoms with van der Waals surface area (Å²) in [4.78, 5) is 11.9. The number of benzene rings is 3. The maximum Gasteiger partial charge on any atom is 0.328 e. The van der Waals surface area contributed by atoms with E-state index in [0.717, 1.165) is 6.07 Å². The fraction of sp³-hybridized carbons (Fsp3) is 0.136. The van der Waals surface area contributed by atoms with Crippen molar-refractivity contribution in [3.8, 4) is 17.2 Å². The second-order valence-corrected chi connectivity index (χ2v) is 8.70. The number of nitrogens with zero attached hydrogens (tertiary/aromatic N) is 2. The van der Waals surface area contributed by atoms with E-state index in [-0.39, 0.29) is 17.1 Å². The van der Waals surface area contributed by atoms with E-state index in [1.165, 1.54) is 40.5 Å². The van der Waals surface area contributed by atoms with E-state index in [1.807, 2.05) is 0 Å². The van der Waals surface area contributed by atoms with Crippen molar-refractivity contribution in [1.82, 2.24) is 9.13 Å². The minimum Gasteiger partial charge on any atom is -0.497 e. The van der Waals surface area contributed by atoms with Crippen LogP contribution in [0.15, 0.2) is 70.4 Å². The number of rotatable bonds is 6. The zero-order valence-electron chi connectivity index (χ0n) is 17.5. The Balaban J connectivity index is 1.85. The number of ether oxygens (including phenoxy) is 2. The second-order valence-electron chi connectivity index (χ2n) is 7.05. The molecule has 0 unspecified atom stereocenters. The van der Waals surface area contributed by atoms with Crippen molar-refractivity contribution in [2.75, 3.05) is 11.8 Å². The Morgan fingerprint density at radius 3 is 2.12 bits per heavy atom. The normalized spacial score (nSPS) is 11.5. The van der Waals surface area contributed by atoms with Crippen LogP contribution in [0.4, 0.5) is 10.1 Å². The summed E-state index contributed by atoms with van der Waals surface area (Å²) in [5, 5.41) is 0. The highest BCUT2D eigenvalue weighted by Gasteiger charge is 2.22. The fourth-order valence-electron chi connectivity index (χ4n) is 3.32. The first kappa shape index (κ1) is 21.4. The van der Waals surface area contributed by atoms with Crippen LogP contribution in [0.25, 0.3) is 11.0 Å². The number of sulfonamides is 1. The Morgan fingerprint density at radius 1 is 0.906 bits per heavy atom. The van der Waals surface area contributed by atoms with Crippen molar-refractivity contribution < 1.29 is 22.3 Å². The summed E-state index contributed by atoms with van der Waals surface area (Å²) in [6.45, 7) is 0. The van der Waals surface area contributed by atoms with Gasteiger partial charge in [-0.05, 0) is 42.5 Å². The topological polar surface area (TPSA) is 91.6 Å². The van der Waals surface area contributed by atoms with Crippen molar-refractivity contribution in [2.24, 2.45) is 14.1 Å². The lowest BCUT2D eigenvalue weighted by Gasteiger charge is -2.15. The highest BCUT2D eigenvalue weighted by Crippen LogP contribution is 2.35. The molecule has 0 aliphatic rings. The summed E-state index contributed by atoms with van der Waals surface area (Å²) in [7, 11) is 0.439. The molecule has 166 valence electrons. The molecule has 0 saturated heterocycles. The fourth-order valence-corrected chi connectivity index (χ4v) is 4.46. The molecule has 4 aromatic rings. The lowest BCUT2D eigenvalue weighted by atomic mass is 10.2. The molecule has 10 heteroatoms. The van der Waals surface area contributed by atoms with Gasteiger partial charge in [0.05, 0.1) is 23.8 Å². The first-order chi connectivity index (χ1) is 15.2. The van der Waals surface area contributed by atoms with Gasteiger partial charge in [-0.2, -0.15) is 0 Å². The molecule has 0 aliphatic carbocycles. The SMILES string of the molecule is COc1ccc(Oc2cc3c(cc2NS(=O)(=O)c2ccccc2F)n(C)c(=O)n3C)cc1. The number of methoxy groups -OCH3 is 1. The number of hydrogen-bond donors (Lipinski definition) is 1. The largest absolute Gasteiger partial charge is 0.497 e. The number of aryl methyl sites for hydroxylation is 2. The molecule has 0 spiro atoms.